The van der Waals surface area contributed by atoms with Crippen LogP contribution in [-0.2, 0) is 9.59 Å². The highest BCUT2D eigenvalue weighted by Crippen LogP contribution is 2.22. The fourth-order valence-electron chi connectivity index (χ4n) is 1.56. The van der Waals surface area contributed by atoms with Crippen LogP contribution in [0.4, 0.5) is 0 Å². The summed E-state index contributed by atoms with van der Waals surface area (Å²) >= 11 is 1.25. The minimum atomic E-state index is -0.857. The molecule has 1 rings (SSSR count). The molecule has 7 heteroatoms. The molecule has 0 fully saturated rings. The minimum Gasteiger partial charge on any atom is -0.496 e. The van der Waals surface area contributed by atoms with Crippen molar-refractivity contribution in [1.82, 2.24) is 5.32 Å². The van der Waals surface area contributed by atoms with Crippen LogP contribution >= 0.6 is 11.8 Å². The van der Waals surface area contributed by atoms with Crippen molar-refractivity contribution in [1.29, 1.82) is 0 Å². The molecular formula is C14H19NO5S. The Bertz CT molecular complexity index is 492. The van der Waals surface area contributed by atoms with Gasteiger partial charge in [-0.25, -0.2) is 0 Å². The maximum Gasteiger partial charge on any atom is 0.313 e. The first-order valence-corrected chi connectivity index (χ1v) is 7.52. The lowest BCUT2D eigenvalue weighted by molar-refractivity contribution is -0.133. The molecule has 0 unspecified atom stereocenters. The first-order valence-electron chi connectivity index (χ1n) is 6.36. The van der Waals surface area contributed by atoms with Crippen molar-refractivity contribution in [3.05, 3.63) is 23.8 Å². The Labute approximate surface area is 127 Å². The van der Waals surface area contributed by atoms with E-state index < -0.39 is 5.97 Å². The third kappa shape index (κ3) is 6.89. The highest BCUT2D eigenvalue weighted by molar-refractivity contribution is 7.99. The number of carbonyl (C=O) groups excluding carboxylic acids is 1. The Hall–Kier alpha value is -1.89. The number of methoxy groups -OCH3 is 1. The third-order valence-electron chi connectivity index (χ3n) is 2.53. The molecule has 116 valence electrons. The molecule has 0 saturated carbocycles. The van der Waals surface area contributed by atoms with E-state index in [0.29, 0.717) is 18.0 Å². The van der Waals surface area contributed by atoms with Crippen LogP contribution in [0, 0.1) is 6.92 Å². The van der Waals surface area contributed by atoms with Crippen LogP contribution in [0.15, 0.2) is 18.2 Å². The highest BCUT2D eigenvalue weighted by atomic mass is 32.2. The van der Waals surface area contributed by atoms with Gasteiger partial charge in [-0.2, -0.15) is 0 Å². The van der Waals surface area contributed by atoms with E-state index in [2.05, 4.69) is 5.32 Å². The van der Waals surface area contributed by atoms with E-state index in [1.165, 1.54) is 11.8 Å². The van der Waals surface area contributed by atoms with Crippen LogP contribution in [0.5, 0.6) is 11.5 Å². The second kappa shape index (κ2) is 9.12. The van der Waals surface area contributed by atoms with Gasteiger partial charge >= 0.3 is 5.97 Å². The maximum absolute atomic E-state index is 11.5. The molecule has 0 aromatic heterocycles. The summed E-state index contributed by atoms with van der Waals surface area (Å²) in [4.78, 5) is 21.8. The summed E-state index contributed by atoms with van der Waals surface area (Å²) in [6.45, 7) is 2.24. The molecule has 0 bridgehead atoms. The van der Waals surface area contributed by atoms with Crippen LogP contribution in [-0.4, -0.2) is 48.8 Å². The number of thioether (sulfide) groups is 1. The molecule has 21 heavy (non-hydrogen) atoms. The van der Waals surface area contributed by atoms with Crippen LogP contribution in [0.2, 0.25) is 0 Å². The highest BCUT2D eigenvalue weighted by Gasteiger charge is 2.05. The zero-order valence-corrected chi connectivity index (χ0v) is 12.9. The number of carboxylic acid groups (broad SMARTS) is 1. The van der Waals surface area contributed by atoms with E-state index in [1.54, 1.807) is 25.3 Å². The van der Waals surface area contributed by atoms with Crippen LogP contribution in [0.25, 0.3) is 0 Å². The van der Waals surface area contributed by atoms with E-state index in [4.69, 9.17) is 14.6 Å². The number of carbonyl (C=O) groups is 2. The Morgan fingerprint density at radius 3 is 2.76 bits per heavy atom. The minimum absolute atomic E-state index is 0.0392. The molecule has 0 aliphatic rings. The van der Waals surface area contributed by atoms with Gasteiger partial charge in [0.05, 0.1) is 12.9 Å². The van der Waals surface area contributed by atoms with Gasteiger partial charge in [-0.1, -0.05) is 0 Å². The van der Waals surface area contributed by atoms with Crippen LogP contribution in [0.3, 0.4) is 0 Å². The molecule has 0 spiro atoms. The fourth-order valence-corrected chi connectivity index (χ4v) is 2.13. The Balaban J connectivity index is 2.23. The van der Waals surface area contributed by atoms with Crippen molar-refractivity contribution < 1.29 is 24.2 Å². The number of benzene rings is 1. The number of rotatable bonds is 9. The van der Waals surface area contributed by atoms with Crippen molar-refractivity contribution in [2.45, 2.75) is 6.92 Å². The van der Waals surface area contributed by atoms with Crippen molar-refractivity contribution in [2.75, 3.05) is 31.8 Å². The molecule has 0 saturated heterocycles. The van der Waals surface area contributed by atoms with Gasteiger partial charge in [-0.15, -0.1) is 11.8 Å². The standard InChI is InChI=1S/C14H19NO5S/c1-10-7-11(3-4-12(10)19-2)20-8-13(16)15-5-6-21-9-14(17)18/h3-4,7H,5-6,8-9H2,1-2H3,(H,15,16)(H,17,18). The van der Waals surface area contributed by atoms with E-state index >= 15 is 0 Å². The fraction of sp³-hybridized carbons (Fsp3) is 0.429. The third-order valence-corrected chi connectivity index (χ3v) is 3.47. The monoisotopic (exact) mass is 313 g/mol. The number of ether oxygens (including phenoxy) is 2. The molecule has 0 heterocycles. The van der Waals surface area contributed by atoms with Gasteiger partial charge in [0, 0.05) is 12.3 Å². The summed E-state index contributed by atoms with van der Waals surface area (Å²) in [5.41, 5.74) is 0.931. The maximum atomic E-state index is 11.5. The van der Waals surface area contributed by atoms with Gasteiger partial charge < -0.3 is 19.9 Å². The number of nitrogens with one attached hydrogen (secondary N) is 1. The van der Waals surface area contributed by atoms with Gasteiger partial charge in [-0.3, -0.25) is 9.59 Å². The molecule has 1 aromatic rings. The van der Waals surface area contributed by atoms with Gasteiger partial charge in [-0.05, 0) is 30.7 Å². The number of amides is 1. The average molecular weight is 313 g/mol. The molecule has 1 aromatic carbocycles. The predicted octanol–water partition coefficient (Wildman–Crippen LogP) is 1.32. The summed E-state index contributed by atoms with van der Waals surface area (Å²) in [6, 6.07) is 5.32. The van der Waals surface area contributed by atoms with Gasteiger partial charge in [0.15, 0.2) is 6.61 Å². The second-order valence-corrected chi connectivity index (χ2v) is 5.32. The lowest BCUT2D eigenvalue weighted by atomic mass is 10.2. The zero-order valence-electron chi connectivity index (χ0n) is 12.0. The average Bonchev–Trinajstić information content (AvgIpc) is 2.44. The first-order chi connectivity index (χ1) is 10.0. The van der Waals surface area contributed by atoms with Crippen molar-refractivity contribution >= 4 is 23.6 Å². The number of hydrogen-bond donors (Lipinski definition) is 2. The van der Waals surface area contributed by atoms with E-state index in [0.717, 1.165) is 11.3 Å². The summed E-state index contributed by atoms with van der Waals surface area (Å²) in [7, 11) is 1.60. The summed E-state index contributed by atoms with van der Waals surface area (Å²) in [6.07, 6.45) is 0. The quantitative estimate of drug-likeness (QED) is 0.669. The molecule has 0 aliphatic carbocycles. The Kier molecular flexibility index (Phi) is 7.45. The first kappa shape index (κ1) is 17.2. The number of aliphatic carboxylic acids is 1. The lowest BCUT2D eigenvalue weighted by Crippen LogP contribution is -2.30. The smallest absolute Gasteiger partial charge is 0.313 e. The predicted molar refractivity (Wildman–Crippen MR) is 81.2 cm³/mol. The van der Waals surface area contributed by atoms with Crippen molar-refractivity contribution in [3.63, 3.8) is 0 Å². The summed E-state index contributed by atoms with van der Waals surface area (Å²) < 4.78 is 10.5. The van der Waals surface area contributed by atoms with Crippen molar-refractivity contribution in [2.24, 2.45) is 0 Å². The van der Waals surface area contributed by atoms with Gasteiger partial charge in [0.25, 0.3) is 5.91 Å². The Morgan fingerprint density at radius 1 is 1.38 bits per heavy atom. The lowest BCUT2D eigenvalue weighted by Gasteiger charge is -2.09. The van der Waals surface area contributed by atoms with Gasteiger partial charge in [0.2, 0.25) is 0 Å². The summed E-state index contributed by atoms with van der Waals surface area (Å²) in [5, 5.41) is 11.1. The molecule has 0 radical (unpaired) electrons. The molecule has 6 nitrogen and oxygen atoms in total. The zero-order chi connectivity index (χ0) is 15.7. The van der Waals surface area contributed by atoms with E-state index in [-0.39, 0.29) is 18.3 Å². The SMILES string of the molecule is COc1ccc(OCC(=O)NCCSCC(=O)O)cc1C. The molecule has 0 aliphatic heterocycles. The molecule has 0 atom stereocenters. The van der Waals surface area contributed by atoms with Gasteiger partial charge in [0.1, 0.15) is 11.5 Å². The number of aryl methyl sites for hydroxylation is 1. The molecular weight excluding hydrogens is 294 g/mol. The number of carboxylic acids is 1. The van der Waals surface area contributed by atoms with Crippen molar-refractivity contribution in [3.8, 4) is 11.5 Å². The molecule has 1 amide bonds. The normalized spacial score (nSPS) is 10.0. The second-order valence-electron chi connectivity index (χ2n) is 4.22. The molecule has 2 N–H and O–H groups in total. The Morgan fingerprint density at radius 2 is 2.14 bits per heavy atom. The van der Waals surface area contributed by atoms with E-state index in [9.17, 15) is 9.59 Å². The summed E-state index contributed by atoms with van der Waals surface area (Å²) in [5.74, 6) is 0.867. The van der Waals surface area contributed by atoms with Crippen LogP contribution < -0.4 is 14.8 Å². The largest absolute Gasteiger partial charge is 0.496 e. The number of hydrogen-bond acceptors (Lipinski definition) is 5. The topological polar surface area (TPSA) is 84.9 Å². The van der Waals surface area contributed by atoms with E-state index in [1.807, 2.05) is 6.92 Å². The van der Waals surface area contributed by atoms with Crippen LogP contribution in [0.1, 0.15) is 5.56 Å².